The first-order chi connectivity index (χ1) is 13.4. The molecule has 1 heterocycles. The molecule has 1 unspecified atom stereocenters. The summed E-state index contributed by atoms with van der Waals surface area (Å²) in [6, 6.07) is 14.0. The fraction of sp³-hybridized carbons (Fsp3) is 0.273. The topological polar surface area (TPSA) is 91.4 Å². The number of hydrogen-bond donors (Lipinski definition) is 3. The fourth-order valence-electron chi connectivity index (χ4n) is 3.15. The van der Waals surface area contributed by atoms with Crippen LogP contribution in [0.3, 0.4) is 0 Å². The average Bonchev–Trinajstić information content (AvgIpc) is 3.04. The van der Waals surface area contributed by atoms with E-state index in [1.165, 1.54) is 0 Å². The lowest BCUT2D eigenvalue weighted by molar-refractivity contribution is -0.141. The molecule has 3 N–H and O–H groups in total. The SMILES string of the molecule is CC(C)Oc1cccc(CC(=O)NC(Cc2c[nH]c3ccccc23)C(=O)O)c1. The average molecular weight is 380 g/mol. The number of carboxylic acid groups (broad SMARTS) is 1. The van der Waals surface area contributed by atoms with E-state index < -0.39 is 12.0 Å². The summed E-state index contributed by atoms with van der Waals surface area (Å²) in [7, 11) is 0. The number of nitrogens with one attached hydrogen (secondary N) is 2. The Bertz CT molecular complexity index is 977. The third-order valence-electron chi connectivity index (χ3n) is 4.37. The normalized spacial score (nSPS) is 12.1. The van der Waals surface area contributed by atoms with Crippen LogP contribution in [0.2, 0.25) is 0 Å². The molecular weight excluding hydrogens is 356 g/mol. The molecule has 0 radical (unpaired) electrons. The first-order valence-electron chi connectivity index (χ1n) is 9.25. The van der Waals surface area contributed by atoms with Crippen molar-refractivity contribution in [3.8, 4) is 5.75 Å². The van der Waals surface area contributed by atoms with Crippen molar-refractivity contribution < 1.29 is 19.4 Å². The highest BCUT2D eigenvalue weighted by atomic mass is 16.5. The maximum atomic E-state index is 12.4. The van der Waals surface area contributed by atoms with Gasteiger partial charge in [-0.05, 0) is 43.2 Å². The summed E-state index contributed by atoms with van der Waals surface area (Å²) < 4.78 is 5.64. The lowest BCUT2D eigenvalue weighted by Crippen LogP contribution is -2.43. The smallest absolute Gasteiger partial charge is 0.326 e. The van der Waals surface area contributed by atoms with Gasteiger partial charge in [0.2, 0.25) is 5.91 Å². The predicted molar refractivity (Wildman–Crippen MR) is 107 cm³/mol. The van der Waals surface area contributed by atoms with Gasteiger partial charge in [0.1, 0.15) is 11.8 Å². The van der Waals surface area contributed by atoms with E-state index in [2.05, 4.69) is 10.3 Å². The summed E-state index contributed by atoms with van der Waals surface area (Å²) in [5, 5.41) is 13.2. The first-order valence-corrected chi connectivity index (χ1v) is 9.25. The zero-order chi connectivity index (χ0) is 20.1. The zero-order valence-corrected chi connectivity index (χ0v) is 15.9. The van der Waals surface area contributed by atoms with Crippen LogP contribution in [-0.4, -0.2) is 34.1 Å². The van der Waals surface area contributed by atoms with Crippen molar-refractivity contribution in [2.45, 2.75) is 38.8 Å². The molecule has 3 aromatic rings. The van der Waals surface area contributed by atoms with Crippen LogP contribution >= 0.6 is 0 Å². The minimum absolute atomic E-state index is 0.0386. The highest BCUT2D eigenvalue weighted by Gasteiger charge is 2.22. The molecule has 6 heteroatoms. The Hall–Kier alpha value is -3.28. The molecule has 6 nitrogen and oxygen atoms in total. The Morgan fingerprint density at radius 1 is 1.14 bits per heavy atom. The number of rotatable bonds is 8. The van der Waals surface area contributed by atoms with Gasteiger partial charge >= 0.3 is 5.97 Å². The second-order valence-corrected chi connectivity index (χ2v) is 7.01. The van der Waals surface area contributed by atoms with E-state index in [0.717, 1.165) is 22.0 Å². The second-order valence-electron chi connectivity index (χ2n) is 7.01. The van der Waals surface area contributed by atoms with Gasteiger partial charge in [0, 0.05) is 23.5 Å². The van der Waals surface area contributed by atoms with Crippen molar-refractivity contribution in [3.05, 3.63) is 65.9 Å². The number of carbonyl (C=O) groups excluding carboxylic acids is 1. The molecule has 2 aromatic carbocycles. The van der Waals surface area contributed by atoms with E-state index in [4.69, 9.17) is 4.74 Å². The minimum Gasteiger partial charge on any atom is -0.491 e. The number of aliphatic carboxylic acids is 1. The van der Waals surface area contributed by atoms with Gasteiger partial charge in [0.05, 0.1) is 12.5 Å². The predicted octanol–water partition coefficient (Wildman–Crippen LogP) is 3.31. The number of ether oxygens (including phenoxy) is 1. The molecule has 0 aliphatic rings. The van der Waals surface area contributed by atoms with Gasteiger partial charge in [-0.2, -0.15) is 0 Å². The molecule has 0 spiro atoms. The molecule has 0 aliphatic carbocycles. The van der Waals surface area contributed by atoms with Crippen molar-refractivity contribution in [1.82, 2.24) is 10.3 Å². The second kappa shape index (κ2) is 8.61. The quantitative estimate of drug-likeness (QED) is 0.559. The van der Waals surface area contributed by atoms with Crippen LogP contribution in [0.5, 0.6) is 5.75 Å². The summed E-state index contributed by atoms with van der Waals surface area (Å²) in [5.41, 5.74) is 2.57. The summed E-state index contributed by atoms with van der Waals surface area (Å²) in [6.45, 7) is 3.86. The van der Waals surface area contributed by atoms with Crippen molar-refractivity contribution in [2.24, 2.45) is 0 Å². The van der Waals surface area contributed by atoms with E-state index in [1.54, 1.807) is 12.3 Å². The zero-order valence-electron chi connectivity index (χ0n) is 15.9. The molecule has 0 saturated carbocycles. The van der Waals surface area contributed by atoms with Crippen LogP contribution < -0.4 is 10.1 Å². The molecule has 1 atom stereocenters. The number of benzene rings is 2. The van der Waals surface area contributed by atoms with E-state index in [-0.39, 0.29) is 24.9 Å². The largest absolute Gasteiger partial charge is 0.491 e. The maximum absolute atomic E-state index is 12.4. The van der Waals surface area contributed by atoms with E-state index in [1.807, 2.05) is 56.3 Å². The van der Waals surface area contributed by atoms with E-state index >= 15 is 0 Å². The Morgan fingerprint density at radius 2 is 1.93 bits per heavy atom. The number of H-pyrrole nitrogens is 1. The molecule has 1 amide bonds. The number of carbonyl (C=O) groups is 2. The number of hydrogen-bond acceptors (Lipinski definition) is 3. The summed E-state index contributed by atoms with van der Waals surface area (Å²) in [5.74, 6) is -0.710. The summed E-state index contributed by atoms with van der Waals surface area (Å²) >= 11 is 0. The third kappa shape index (κ3) is 4.91. The Morgan fingerprint density at radius 3 is 2.68 bits per heavy atom. The van der Waals surface area contributed by atoms with Gasteiger partial charge in [0.15, 0.2) is 0 Å². The highest BCUT2D eigenvalue weighted by Crippen LogP contribution is 2.19. The van der Waals surface area contributed by atoms with Crippen LogP contribution in [0, 0.1) is 0 Å². The van der Waals surface area contributed by atoms with Crippen LogP contribution in [-0.2, 0) is 22.4 Å². The van der Waals surface area contributed by atoms with Crippen molar-refractivity contribution in [3.63, 3.8) is 0 Å². The standard InChI is InChI=1S/C22H24N2O4/c1-14(2)28-17-7-5-6-15(10-17)11-21(25)24-20(22(26)27)12-16-13-23-19-9-4-3-8-18(16)19/h3-10,13-14,20,23H,11-12H2,1-2H3,(H,24,25)(H,26,27). The van der Waals surface area contributed by atoms with Crippen molar-refractivity contribution in [1.29, 1.82) is 0 Å². The van der Waals surface area contributed by atoms with Gasteiger partial charge in [-0.15, -0.1) is 0 Å². The number of amides is 1. The maximum Gasteiger partial charge on any atom is 0.326 e. The van der Waals surface area contributed by atoms with Gasteiger partial charge in [-0.1, -0.05) is 30.3 Å². The van der Waals surface area contributed by atoms with Crippen LogP contribution in [0.15, 0.2) is 54.7 Å². The molecule has 1 aromatic heterocycles. The summed E-state index contributed by atoms with van der Waals surface area (Å²) in [4.78, 5) is 27.2. The van der Waals surface area contributed by atoms with E-state index in [0.29, 0.717) is 5.75 Å². The van der Waals surface area contributed by atoms with E-state index in [9.17, 15) is 14.7 Å². The lowest BCUT2D eigenvalue weighted by Gasteiger charge is -2.15. The molecule has 0 aliphatic heterocycles. The molecular formula is C22H24N2O4. The Labute approximate surface area is 163 Å². The van der Waals surface area contributed by atoms with Crippen LogP contribution in [0.1, 0.15) is 25.0 Å². The number of carboxylic acids is 1. The number of aromatic amines is 1. The fourth-order valence-corrected chi connectivity index (χ4v) is 3.15. The number of para-hydroxylation sites is 1. The minimum atomic E-state index is -1.06. The van der Waals surface area contributed by atoms with Gasteiger partial charge in [-0.3, -0.25) is 4.79 Å². The molecule has 3 rings (SSSR count). The van der Waals surface area contributed by atoms with Crippen molar-refractivity contribution in [2.75, 3.05) is 0 Å². The number of fused-ring (bicyclic) bond motifs is 1. The molecule has 28 heavy (non-hydrogen) atoms. The first kappa shape index (κ1) is 19.5. The van der Waals surface area contributed by atoms with Gasteiger partial charge in [-0.25, -0.2) is 4.79 Å². The molecule has 0 saturated heterocycles. The van der Waals surface area contributed by atoms with Crippen molar-refractivity contribution >= 4 is 22.8 Å². The Balaban J connectivity index is 1.67. The van der Waals surface area contributed by atoms with Crippen LogP contribution in [0.25, 0.3) is 10.9 Å². The van der Waals surface area contributed by atoms with Crippen LogP contribution in [0.4, 0.5) is 0 Å². The van der Waals surface area contributed by atoms with Gasteiger partial charge in [0.25, 0.3) is 0 Å². The highest BCUT2D eigenvalue weighted by molar-refractivity contribution is 5.87. The molecule has 146 valence electrons. The third-order valence-corrected chi connectivity index (χ3v) is 4.37. The summed E-state index contributed by atoms with van der Waals surface area (Å²) in [6.07, 6.45) is 2.13. The molecule has 0 bridgehead atoms. The lowest BCUT2D eigenvalue weighted by atomic mass is 10.0. The monoisotopic (exact) mass is 380 g/mol. The molecule has 0 fully saturated rings. The Kier molecular flexibility index (Phi) is 5.99. The number of aromatic nitrogens is 1. The van der Waals surface area contributed by atoms with Gasteiger partial charge < -0.3 is 20.1 Å².